The molecule has 0 amide bonds. The number of hydrogen-bond acceptors (Lipinski definition) is 8. The van der Waals surface area contributed by atoms with Gasteiger partial charge in [0.15, 0.2) is 45.9 Å². The molecule has 0 radical (unpaired) electrons. The van der Waals surface area contributed by atoms with Gasteiger partial charge in [-0.3, -0.25) is 0 Å². The molecular formula is C22H2F6N6O2. The van der Waals surface area contributed by atoms with Gasteiger partial charge in [-0.2, -0.15) is 29.8 Å². The minimum atomic E-state index is -2.08. The Morgan fingerprint density at radius 1 is 0.500 bits per heavy atom. The third-order valence-corrected chi connectivity index (χ3v) is 5.35. The number of fused-ring (bicyclic) bond motifs is 7. The van der Waals surface area contributed by atoms with Gasteiger partial charge in [-0.15, -0.1) is 0 Å². The van der Waals surface area contributed by atoms with E-state index in [-0.39, 0.29) is 0 Å². The van der Waals surface area contributed by atoms with Gasteiger partial charge in [-0.25, -0.2) is 17.6 Å². The highest BCUT2D eigenvalue weighted by Crippen LogP contribution is 2.53. The third-order valence-electron chi connectivity index (χ3n) is 5.35. The molecule has 0 aromatic heterocycles. The average molecular weight is 496 g/mol. The minimum absolute atomic E-state index is 0.654. The number of rotatable bonds is 0. The first-order valence-corrected chi connectivity index (χ1v) is 9.34. The van der Waals surface area contributed by atoms with Crippen LogP contribution in [-0.2, 0) is 0 Å². The van der Waals surface area contributed by atoms with Crippen molar-refractivity contribution in [1.82, 2.24) is 0 Å². The molecule has 0 atom stereocenters. The zero-order valence-corrected chi connectivity index (χ0v) is 16.9. The molecule has 3 aromatic rings. The topological polar surface area (TPSA) is 138 Å². The van der Waals surface area contributed by atoms with Crippen molar-refractivity contribution in [3.63, 3.8) is 0 Å². The van der Waals surface area contributed by atoms with Crippen molar-refractivity contribution >= 4 is 32.9 Å². The molecule has 2 aliphatic rings. The van der Waals surface area contributed by atoms with Crippen LogP contribution in [0.15, 0.2) is 22.9 Å². The number of benzene rings is 3. The minimum Gasteiger partial charge on any atom is -0.433 e. The predicted octanol–water partition coefficient (Wildman–Crippen LogP) is 4.95. The first kappa shape index (κ1) is 22.2. The molecule has 0 fully saturated rings. The summed E-state index contributed by atoms with van der Waals surface area (Å²) in [4.78, 5) is 0. The maximum Gasteiger partial charge on any atom is 0.227 e. The summed E-state index contributed by atoms with van der Waals surface area (Å²) < 4.78 is 99.7. The fourth-order valence-corrected chi connectivity index (χ4v) is 3.86. The molecule has 8 nitrogen and oxygen atoms in total. The van der Waals surface area contributed by atoms with Crippen molar-refractivity contribution < 1.29 is 35.8 Å². The second-order valence-electron chi connectivity index (χ2n) is 7.10. The van der Waals surface area contributed by atoms with Crippen LogP contribution >= 0.6 is 0 Å². The van der Waals surface area contributed by atoms with E-state index >= 15 is 8.78 Å². The van der Waals surface area contributed by atoms with Crippen LogP contribution in [0.2, 0.25) is 0 Å². The van der Waals surface area contributed by atoms with Crippen LogP contribution < -0.4 is 20.1 Å². The summed E-state index contributed by atoms with van der Waals surface area (Å²) in [6, 6.07) is 5.72. The Labute approximate surface area is 194 Å². The van der Waals surface area contributed by atoms with Crippen LogP contribution in [0, 0.1) is 80.2 Å². The molecule has 36 heavy (non-hydrogen) atoms. The molecule has 0 saturated carbocycles. The Bertz CT molecular complexity index is 1690. The fourth-order valence-electron chi connectivity index (χ4n) is 3.86. The summed E-state index contributed by atoms with van der Waals surface area (Å²) in [6.07, 6.45) is 0. The third kappa shape index (κ3) is 2.61. The van der Waals surface area contributed by atoms with Crippen LogP contribution in [-0.4, -0.2) is 0 Å². The quantitative estimate of drug-likeness (QED) is 0.253. The summed E-state index contributed by atoms with van der Waals surface area (Å²) in [5, 5.41) is 36.6. The van der Waals surface area contributed by atoms with Gasteiger partial charge in [0, 0.05) is 10.8 Å². The largest absolute Gasteiger partial charge is 0.433 e. The average Bonchev–Trinajstić information content (AvgIpc) is 3.50. The molecule has 0 bridgehead atoms. The molecule has 174 valence electrons. The Balaban J connectivity index is 2.04. The molecule has 0 aliphatic carbocycles. The van der Waals surface area contributed by atoms with Crippen LogP contribution in [0.5, 0.6) is 11.5 Å². The Hall–Kier alpha value is -5.60. The SMILES string of the molecule is N#CC(C#N)=C1Nc2c(c(F)c(F)c3c(F)c(F)c4c(F)c(F)c5c(c4c23)NC(=C(C#N)C#N)O5)O1. The molecular weight excluding hydrogens is 494 g/mol. The van der Waals surface area contributed by atoms with E-state index in [1.807, 2.05) is 0 Å². The molecule has 14 heteroatoms. The van der Waals surface area contributed by atoms with E-state index in [0.29, 0.717) is 0 Å². The second-order valence-corrected chi connectivity index (χ2v) is 7.10. The Kier molecular flexibility index (Phi) is 4.60. The summed E-state index contributed by atoms with van der Waals surface area (Å²) in [7, 11) is 0. The molecule has 5 rings (SSSR count). The normalized spacial score (nSPS) is 12.8. The lowest BCUT2D eigenvalue weighted by Crippen LogP contribution is -2.03. The van der Waals surface area contributed by atoms with Gasteiger partial charge in [0.2, 0.25) is 23.4 Å². The molecule has 0 unspecified atom stereocenters. The van der Waals surface area contributed by atoms with Crippen molar-refractivity contribution in [2.24, 2.45) is 0 Å². The van der Waals surface area contributed by atoms with Crippen LogP contribution in [0.3, 0.4) is 0 Å². The van der Waals surface area contributed by atoms with Crippen molar-refractivity contribution in [3.05, 3.63) is 57.8 Å². The van der Waals surface area contributed by atoms with Crippen LogP contribution in [0.4, 0.5) is 37.7 Å². The maximum atomic E-state index is 15.0. The zero-order chi connectivity index (χ0) is 26.0. The van der Waals surface area contributed by atoms with Crippen molar-refractivity contribution in [2.45, 2.75) is 0 Å². The molecule has 3 aromatic carbocycles. The number of ether oxygens (including phenoxy) is 2. The summed E-state index contributed by atoms with van der Waals surface area (Å²) in [5.41, 5.74) is -2.79. The lowest BCUT2D eigenvalue weighted by atomic mass is 9.95. The van der Waals surface area contributed by atoms with Gasteiger partial charge < -0.3 is 20.1 Å². The van der Waals surface area contributed by atoms with Gasteiger partial charge in [0.1, 0.15) is 24.3 Å². The van der Waals surface area contributed by atoms with E-state index in [1.54, 1.807) is 0 Å². The summed E-state index contributed by atoms with van der Waals surface area (Å²) in [6.45, 7) is 0. The van der Waals surface area contributed by atoms with Gasteiger partial charge in [-0.1, -0.05) is 0 Å². The van der Waals surface area contributed by atoms with E-state index < -0.39 is 102 Å². The number of nitrogens with zero attached hydrogens (tertiary/aromatic N) is 4. The highest BCUT2D eigenvalue weighted by Gasteiger charge is 2.38. The number of hydrogen-bond donors (Lipinski definition) is 2. The van der Waals surface area contributed by atoms with E-state index in [4.69, 9.17) is 30.5 Å². The highest BCUT2D eigenvalue weighted by molar-refractivity contribution is 6.22. The lowest BCUT2D eigenvalue weighted by molar-refractivity contribution is 0.404. The van der Waals surface area contributed by atoms with Crippen LogP contribution in [0.1, 0.15) is 0 Å². The second kappa shape index (κ2) is 7.45. The zero-order valence-electron chi connectivity index (χ0n) is 16.9. The van der Waals surface area contributed by atoms with Crippen molar-refractivity contribution in [3.8, 4) is 35.8 Å². The molecule has 2 N–H and O–H groups in total. The molecule has 2 aliphatic heterocycles. The van der Waals surface area contributed by atoms with Gasteiger partial charge in [0.25, 0.3) is 0 Å². The number of nitriles is 4. The maximum absolute atomic E-state index is 15.0. The molecule has 0 spiro atoms. The number of allylic oxidation sites excluding steroid dienone is 2. The first-order chi connectivity index (χ1) is 17.2. The number of nitrogens with one attached hydrogen (secondary N) is 2. The lowest BCUT2D eigenvalue weighted by Gasteiger charge is -2.15. The summed E-state index contributed by atoms with van der Waals surface area (Å²) >= 11 is 0. The Morgan fingerprint density at radius 2 is 0.806 bits per heavy atom. The summed E-state index contributed by atoms with van der Waals surface area (Å²) in [5.74, 6) is -15.2. The van der Waals surface area contributed by atoms with E-state index in [1.165, 1.54) is 24.3 Å². The van der Waals surface area contributed by atoms with E-state index in [2.05, 4.69) is 10.6 Å². The standard InChI is InChI=1S/C22H2F6N6O2/c23-11-9-7(17-19(15(27)13(9)25)35-21(33-17)5(1-29)2-30)8-10(12(11)24)14(26)16(28)20-18(8)34-22(36-20)6(3-31)4-32/h33-34H. The first-order valence-electron chi connectivity index (χ1n) is 9.34. The van der Waals surface area contributed by atoms with E-state index in [0.717, 1.165) is 0 Å². The van der Waals surface area contributed by atoms with Gasteiger partial charge in [-0.05, 0) is 0 Å². The fraction of sp³-hybridized carbons (Fsp3) is 0. The molecule has 0 saturated heterocycles. The van der Waals surface area contributed by atoms with Gasteiger partial charge in [0.05, 0.1) is 22.1 Å². The van der Waals surface area contributed by atoms with E-state index in [9.17, 15) is 17.6 Å². The highest BCUT2D eigenvalue weighted by atomic mass is 19.2. The Morgan fingerprint density at radius 3 is 1.11 bits per heavy atom. The van der Waals surface area contributed by atoms with Gasteiger partial charge >= 0.3 is 0 Å². The van der Waals surface area contributed by atoms with Crippen molar-refractivity contribution in [2.75, 3.05) is 10.6 Å². The predicted molar refractivity (Wildman–Crippen MR) is 106 cm³/mol. The molecule has 2 heterocycles. The monoisotopic (exact) mass is 496 g/mol. The van der Waals surface area contributed by atoms with Crippen molar-refractivity contribution in [1.29, 1.82) is 21.0 Å². The number of halogens is 6. The number of anilines is 2. The smallest absolute Gasteiger partial charge is 0.227 e. The van der Waals surface area contributed by atoms with Crippen LogP contribution in [0.25, 0.3) is 21.5 Å².